The Morgan fingerprint density at radius 1 is 1.23 bits per heavy atom. The monoisotopic (exact) mass is 528 g/mol. The minimum Gasteiger partial charge on any atom is -0.389 e. The molecule has 4 heterocycles. The van der Waals surface area contributed by atoms with Gasteiger partial charge in [-0.1, -0.05) is 11.6 Å². The number of nitrogens with zero attached hydrogens (tertiary/aromatic N) is 5. The molecule has 12 nitrogen and oxygen atoms in total. The summed E-state index contributed by atoms with van der Waals surface area (Å²) in [4.78, 5) is 20.6. The maximum Gasteiger partial charge on any atom is 0.394 e. The van der Waals surface area contributed by atoms with Crippen molar-refractivity contribution in [2.45, 2.75) is 25.0 Å². The predicted molar refractivity (Wildman–Crippen MR) is 124 cm³/mol. The van der Waals surface area contributed by atoms with E-state index in [1.807, 2.05) is 6.07 Å². The molecule has 15 heteroatoms. The van der Waals surface area contributed by atoms with Crippen LogP contribution in [0, 0.1) is 5.82 Å². The minimum atomic E-state index is -4.67. The predicted octanol–water partition coefficient (Wildman–Crippen LogP) is 2.42. The molecule has 0 unspecified atom stereocenters. The first-order valence-corrected chi connectivity index (χ1v) is 12.3. The Morgan fingerprint density at radius 3 is 2.63 bits per heavy atom. The molecule has 2 aliphatic heterocycles. The largest absolute Gasteiger partial charge is 0.394 e. The Bertz CT molecular complexity index is 1340. The topological polar surface area (TPSA) is 161 Å². The number of hydrogen-bond donors (Lipinski definition) is 4. The number of amides is 2. The lowest BCUT2D eigenvalue weighted by Gasteiger charge is -2.35. The molecule has 2 aliphatic rings. The maximum atomic E-state index is 13.8. The molecule has 3 aromatic rings. The molecule has 0 radical (unpaired) electrons. The van der Waals surface area contributed by atoms with Gasteiger partial charge in [0.15, 0.2) is 5.65 Å². The van der Waals surface area contributed by atoms with E-state index in [2.05, 4.69) is 15.3 Å². The zero-order valence-corrected chi connectivity index (χ0v) is 19.7. The number of benzene rings is 1. The van der Waals surface area contributed by atoms with Crippen molar-refractivity contribution in [2.75, 3.05) is 29.9 Å². The van der Waals surface area contributed by atoms with Crippen LogP contribution in [-0.4, -0.2) is 73.9 Å². The molecule has 4 N–H and O–H groups in total. The highest BCUT2D eigenvalue weighted by Crippen LogP contribution is 2.38. The Hall–Kier alpha value is -3.04. The van der Waals surface area contributed by atoms with Gasteiger partial charge >= 0.3 is 16.4 Å². The van der Waals surface area contributed by atoms with Crippen molar-refractivity contribution in [3.8, 4) is 0 Å². The standard InChI is InChI=1S/C20H20ClFN6O2.H2O4S/c21-15-4-3-12(22)8-14(15)17-2-1-6-27(17)18-5-7-28-19(25-18)16(9-23-28)24-20(30)26-10-13(29)11-26;1-5(2,3)4/h3-5,7-9,13,17,29H,1-2,6,10-11H2,(H,24,30);(H2,1,2,3,4)/t17-;/m1./s1. The van der Waals surface area contributed by atoms with Gasteiger partial charge in [-0.2, -0.15) is 13.5 Å². The van der Waals surface area contributed by atoms with Gasteiger partial charge in [0, 0.05) is 17.8 Å². The molecule has 2 saturated heterocycles. The lowest BCUT2D eigenvalue weighted by atomic mass is 10.0. The molecule has 0 spiro atoms. The van der Waals surface area contributed by atoms with Gasteiger partial charge in [0.1, 0.15) is 17.3 Å². The van der Waals surface area contributed by atoms with E-state index in [9.17, 15) is 14.3 Å². The number of carbonyl (C=O) groups excluding carboxylic acids is 1. The number of nitrogens with one attached hydrogen (secondary N) is 1. The molecule has 35 heavy (non-hydrogen) atoms. The molecule has 2 aromatic heterocycles. The molecule has 2 fully saturated rings. The van der Waals surface area contributed by atoms with Crippen molar-refractivity contribution < 1.29 is 31.8 Å². The summed E-state index contributed by atoms with van der Waals surface area (Å²) in [6.07, 6.45) is 4.64. The van der Waals surface area contributed by atoms with Crippen molar-refractivity contribution in [1.82, 2.24) is 19.5 Å². The second-order valence-electron chi connectivity index (χ2n) is 8.07. The zero-order chi connectivity index (χ0) is 25.3. The second kappa shape index (κ2) is 9.91. The number of carbonyl (C=O) groups is 1. The number of fused-ring (bicyclic) bond motifs is 1. The summed E-state index contributed by atoms with van der Waals surface area (Å²) in [7, 11) is -4.67. The first-order chi connectivity index (χ1) is 16.5. The summed E-state index contributed by atoms with van der Waals surface area (Å²) >= 11 is 6.35. The van der Waals surface area contributed by atoms with Crippen LogP contribution in [0.2, 0.25) is 5.02 Å². The van der Waals surface area contributed by atoms with E-state index >= 15 is 0 Å². The van der Waals surface area contributed by atoms with E-state index in [4.69, 9.17) is 34.1 Å². The third-order valence-electron chi connectivity index (χ3n) is 5.61. The molecule has 1 aromatic carbocycles. The van der Waals surface area contributed by atoms with Crippen molar-refractivity contribution in [3.05, 3.63) is 53.1 Å². The van der Waals surface area contributed by atoms with Gasteiger partial charge in [-0.3, -0.25) is 9.11 Å². The normalized spacial score (nSPS) is 18.3. The molecule has 0 aliphatic carbocycles. The van der Waals surface area contributed by atoms with Crippen LogP contribution in [0.3, 0.4) is 0 Å². The van der Waals surface area contributed by atoms with Gasteiger partial charge in [0.25, 0.3) is 0 Å². The van der Waals surface area contributed by atoms with E-state index < -0.39 is 16.5 Å². The highest BCUT2D eigenvalue weighted by Gasteiger charge is 2.31. The third kappa shape index (κ3) is 5.97. The van der Waals surface area contributed by atoms with Crippen molar-refractivity contribution in [3.63, 3.8) is 0 Å². The highest BCUT2D eigenvalue weighted by atomic mass is 35.5. The SMILES string of the molecule is O=C(Nc1cnn2ccc(N3CCC[C@@H]3c3cc(F)ccc3Cl)nc12)N1CC(O)C1.O=S(=O)(O)O. The minimum absolute atomic E-state index is 0.0771. The van der Waals surface area contributed by atoms with Gasteiger partial charge in [-0.05, 0) is 42.7 Å². The smallest absolute Gasteiger partial charge is 0.389 e. The van der Waals surface area contributed by atoms with E-state index in [0.717, 1.165) is 24.9 Å². The molecule has 188 valence electrons. The number of rotatable bonds is 3. The number of halogens is 2. The van der Waals surface area contributed by atoms with E-state index in [1.165, 1.54) is 17.0 Å². The number of anilines is 2. The van der Waals surface area contributed by atoms with Gasteiger partial charge in [-0.25, -0.2) is 18.7 Å². The average Bonchev–Trinajstić information content (AvgIpc) is 3.39. The quantitative estimate of drug-likeness (QED) is 0.374. The molecule has 2 amide bonds. The first-order valence-electron chi connectivity index (χ1n) is 10.5. The van der Waals surface area contributed by atoms with Crippen LogP contribution < -0.4 is 10.2 Å². The number of aliphatic hydroxyl groups is 1. The summed E-state index contributed by atoms with van der Waals surface area (Å²) in [5.74, 6) is 0.391. The summed E-state index contributed by atoms with van der Waals surface area (Å²) in [6, 6.07) is 5.89. The Balaban J connectivity index is 0.000000527. The number of urea groups is 1. The van der Waals surface area contributed by atoms with Crippen LogP contribution in [0.5, 0.6) is 0 Å². The Morgan fingerprint density at radius 2 is 1.94 bits per heavy atom. The summed E-state index contributed by atoms with van der Waals surface area (Å²) in [5, 5.41) is 17.0. The van der Waals surface area contributed by atoms with Crippen LogP contribution in [0.4, 0.5) is 20.7 Å². The van der Waals surface area contributed by atoms with E-state index in [-0.39, 0.29) is 17.9 Å². The van der Waals surface area contributed by atoms with E-state index in [0.29, 0.717) is 35.3 Å². The van der Waals surface area contributed by atoms with Gasteiger partial charge < -0.3 is 20.2 Å². The molecule has 5 rings (SSSR count). The molecular weight excluding hydrogens is 507 g/mol. The summed E-state index contributed by atoms with van der Waals surface area (Å²) in [6.45, 7) is 1.39. The first kappa shape index (κ1) is 25.1. The third-order valence-corrected chi connectivity index (χ3v) is 5.95. The summed E-state index contributed by atoms with van der Waals surface area (Å²) in [5.41, 5.74) is 1.75. The highest BCUT2D eigenvalue weighted by molar-refractivity contribution is 7.79. The van der Waals surface area contributed by atoms with Crippen molar-refractivity contribution >= 4 is 45.2 Å². The Labute approximate surface area is 204 Å². The number of β-amino-alcohol motifs (C(OH)–C–C–N with tert-alkyl or cyclic N) is 1. The molecule has 1 atom stereocenters. The van der Waals surface area contributed by atoms with Crippen molar-refractivity contribution in [1.29, 1.82) is 0 Å². The van der Waals surface area contributed by atoms with Crippen LogP contribution >= 0.6 is 11.6 Å². The molecule has 0 bridgehead atoms. The number of aromatic nitrogens is 3. The fraction of sp³-hybridized carbons (Fsp3) is 0.350. The van der Waals surface area contributed by atoms with Crippen molar-refractivity contribution in [2.24, 2.45) is 0 Å². The van der Waals surface area contributed by atoms with Crippen LogP contribution in [-0.2, 0) is 10.4 Å². The fourth-order valence-electron chi connectivity index (χ4n) is 4.06. The number of aliphatic hydroxyl groups excluding tert-OH is 1. The van der Waals surface area contributed by atoms with E-state index in [1.54, 1.807) is 23.0 Å². The number of hydrogen-bond acceptors (Lipinski definition) is 7. The second-order valence-corrected chi connectivity index (χ2v) is 9.37. The summed E-state index contributed by atoms with van der Waals surface area (Å²) < 4.78 is 47.0. The van der Waals surface area contributed by atoms with Crippen LogP contribution in [0.25, 0.3) is 5.65 Å². The maximum absolute atomic E-state index is 13.8. The van der Waals surface area contributed by atoms with Gasteiger partial charge in [0.05, 0.1) is 31.4 Å². The Kier molecular flexibility index (Phi) is 7.10. The lowest BCUT2D eigenvalue weighted by molar-refractivity contribution is 0.0309. The van der Waals surface area contributed by atoms with Gasteiger partial charge in [0.2, 0.25) is 0 Å². The molecule has 0 saturated carbocycles. The van der Waals surface area contributed by atoms with Gasteiger partial charge in [-0.15, -0.1) is 0 Å². The van der Waals surface area contributed by atoms with Crippen LogP contribution in [0.15, 0.2) is 36.7 Å². The fourth-order valence-corrected chi connectivity index (χ4v) is 4.30. The lowest BCUT2D eigenvalue weighted by Crippen LogP contribution is -2.54. The molecular formula is C20H22ClFN6O6S. The zero-order valence-electron chi connectivity index (χ0n) is 18.1. The van der Waals surface area contributed by atoms with Crippen LogP contribution in [0.1, 0.15) is 24.4 Å². The average molecular weight is 529 g/mol. The number of likely N-dealkylation sites (tertiary alicyclic amines) is 1.